The standard InChI is InChI=1S/C14H12O3/c1-14(13-7-4-8-16-13)9-11(15)10-5-2-3-6-12(10)17-14/h2-8H,9H2,1H3. The van der Waals surface area contributed by atoms with Crippen molar-refractivity contribution in [3.8, 4) is 5.75 Å². The third-order valence-corrected chi connectivity index (χ3v) is 3.06. The van der Waals surface area contributed by atoms with E-state index >= 15 is 0 Å². The Morgan fingerprint density at radius 3 is 2.76 bits per heavy atom. The molecule has 1 aromatic heterocycles. The van der Waals surface area contributed by atoms with Crippen LogP contribution >= 0.6 is 0 Å². The number of para-hydroxylation sites is 1. The van der Waals surface area contributed by atoms with Crippen LogP contribution in [0.25, 0.3) is 0 Å². The molecule has 2 aromatic rings. The van der Waals surface area contributed by atoms with Crippen LogP contribution in [0, 0.1) is 0 Å². The van der Waals surface area contributed by atoms with Crippen molar-refractivity contribution in [1.82, 2.24) is 0 Å². The van der Waals surface area contributed by atoms with E-state index in [1.165, 1.54) is 0 Å². The SMILES string of the molecule is CC1(c2ccco2)CC(=O)c2ccccc2O1. The molecule has 86 valence electrons. The topological polar surface area (TPSA) is 39.4 Å². The average molecular weight is 228 g/mol. The first-order valence-electron chi connectivity index (χ1n) is 5.54. The molecule has 1 unspecified atom stereocenters. The van der Waals surface area contributed by atoms with Gasteiger partial charge in [0.25, 0.3) is 0 Å². The van der Waals surface area contributed by atoms with Crippen LogP contribution in [0.5, 0.6) is 5.75 Å². The van der Waals surface area contributed by atoms with Gasteiger partial charge in [-0.1, -0.05) is 12.1 Å². The van der Waals surface area contributed by atoms with E-state index in [1.807, 2.05) is 31.2 Å². The molecule has 1 atom stereocenters. The molecule has 1 aromatic carbocycles. The van der Waals surface area contributed by atoms with Gasteiger partial charge in [-0.2, -0.15) is 0 Å². The number of carbonyl (C=O) groups is 1. The molecule has 0 radical (unpaired) electrons. The van der Waals surface area contributed by atoms with E-state index in [-0.39, 0.29) is 5.78 Å². The summed E-state index contributed by atoms with van der Waals surface area (Å²) in [5.74, 6) is 1.40. The summed E-state index contributed by atoms with van der Waals surface area (Å²) >= 11 is 0. The van der Waals surface area contributed by atoms with Crippen molar-refractivity contribution in [2.75, 3.05) is 0 Å². The molecule has 0 saturated carbocycles. The molecule has 0 bridgehead atoms. The predicted octanol–water partition coefficient (Wildman–Crippen LogP) is 3.16. The summed E-state index contributed by atoms with van der Waals surface area (Å²) in [7, 11) is 0. The summed E-state index contributed by atoms with van der Waals surface area (Å²) in [4.78, 5) is 12.1. The van der Waals surface area contributed by atoms with E-state index in [0.717, 1.165) is 0 Å². The zero-order chi connectivity index (χ0) is 11.9. The highest BCUT2D eigenvalue weighted by Crippen LogP contribution is 2.39. The largest absolute Gasteiger partial charge is 0.478 e. The Balaban J connectivity index is 2.07. The number of carbonyl (C=O) groups excluding carboxylic acids is 1. The maximum Gasteiger partial charge on any atom is 0.171 e. The zero-order valence-electron chi connectivity index (χ0n) is 9.47. The normalized spacial score (nSPS) is 23.0. The lowest BCUT2D eigenvalue weighted by Gasteiger charge is -2.33. The first-order valence-corrected chi connectivity index (χ1v) is 5.54. The second-order valence-corrected chi connectivity index (χ2v) is 4.41. The molecule has 0 spiro atoms. The van der Waals surface area contributed by atoms with E-state index in [1.54, 1.807) is 18.4 Å². The smallest absolute Gasteiger partial charge is 0.171 e. The van der Waals surface area contributed by atoms with Gasteiger partial charge in [0, 0.05) is 0 Å². The van der Waals surface area contributed by atoms with Crippen molar-refractivity contribution >= 4 is 5.78 Å². The molecule has 0 N–H and O–H groups in total. The minimum atomic E-state index is -0.699. The minimum absolute atomic E-state index is 0.0887. The molecule has 3 heteroatoms. The number of ether oxygens (including phenoxy) is 1. The van der Waals surface area contributed by atoms with Gasteiger partial charge in [-0.15, -0.1) is 0 Å². The lowest BCUT2D eigenvalue weighted by Crippen LogP contribution is -2.36. The molecule has 0 aliphatic carbocycles. The predicted molar refractivity (Wildman–Crippen MR) is 62.1 cm³/mol. The molecule has 1 aliphatic heterocycles. The van der Waals surface area contributed by atoms with Crippen molar-refractivity contribution in [2.45, 2.75) is 18.9 Å². The van der Waals surface area contributed by atoms with Gasteiger partial charge in [-0.05, 0) is 31.2 Å². The Morgan fingerprint density at radius 2 is 2.00 bits per heavy atom. The number of ketones is 1. The third-order valence-electron chi connectivity index (χ3n) is 3.06. The van der Waals surface area contributed by atoms with E-state index in [0.29, 0.717) is 23.5 Å². The van der Waals surface area contributed by atoms with Crippen molar-refractivity contribution < 1.29 is 13.9 Å². The van der Waals surface area contributed by atoms with Gasteiger partial charge in [0.1, 0.15) is 11.5 Å². The second-order valence-electron chi connectivity index (χ2n) is 4.41. The Kier molecular flexibility index (Phi) is 2.08. The maximum absolute atomic E-state index is 12.1. The van der Waals surface area contributed by atoms with Crippen molar-refractivity contribution in [3.63, 3.8) is 0 Å². The van der Waals surface area contributed by atoms with Gasteiger partial charge >= 0.3 is 0 Å². The highest BCUT2D eigenvalue weighted by molar-refractivity contribution is 6.00. The summed E-state index contributed by atoms with van der Waals surface area (Å²) in [6.45, 7) is 1.87. The van der Waals surface area contributed by atoms with Crippen LogP contribution in [0.2, 0.25) is 0 Å². The van der Waals surface area contributed by atoms with Crippen LogP contribution in [0.3, 0.4) is 0 Å². The van der Waals surface area contributed by atoms with Crippen LogP contribution in [0.15, 0.2) is 47.1 Å². The molecule has 0 amide bonds. The number of fused-ring (bicyclic) bond motifs is 1. The summed E-state index contributed by atoms with van der Waals surface area (Å²) in [5.41, 5.74) is -0.0499. The Hall–Kier alpha value is -2.03. The van der Waals surface area contributed by atoms with Gasteiger partial charge in [0.05, 0.1) is 18.2 Å². The molecule has 2 heterocycles. The fourth-order valence-corrected chi connectivity index (χ4v) is 2.18. The van der Waals surface area contributed by atoms with Crippen LogP contribution in [-0.2, 0) is 5.60 Å². The van der Waals surface area contributed by atoms with Crippen molar-refractivity contribution in [2.24, 2.45) is 0 Å². The van der Waals surface area contributed by atoms with Crippen molar-refractivity contribution in [3.05, 3.63) is 54.0 Å². The van der Waals surface area contributed by atoms with E-state index in [2.05, 4.69) is 0 Å². The molecule has 1 aliphatic rings. The highest BCUT2D eigenvalue weighted by Gasteiger charge is 2.39. The number of rotatable bonds is 1. The second kappa shape index (κ2) is 3.48. The maximum atomic E-state index is 12.1. The number of furan rings is 1. The molecule has 0 saturated heterocycles. The van der Waals surface area contributed by atoms with Gasteiger partial charge in [0.2, 0.25) is 0 Å². The lowest BCUT2D eigenvalue weighted by atomic mass is 9.89. The number of Topliss-reactive ketones (excluding diaryl/α,β-unsaturated/α-hetero) is 1. The number of hydrogen-bond donors (Lipinski definition) is 0. The van der Waals surface area contributed by atoms with Crippen LogP contribution in [-0.4, -0.2) is 5.78 Å². The Labute approximate surface area is 99.0 Å². The summed E-state index contributed by atoms with van der Waals surface area (Å²) in [6, 6.07) is 10.9. The molecular formula is C14H12O3. The van der Waals surface area contributed by atoms with Crippen molar-refractivity contribution in [1.29, 1.82) is 0 Å². The van der Waals surface area contributed by atoms with E-state index in [9.17, 15) is 4.79 Å². The molecule has 17 heavy (non-hydrogen) atoms. The van der Waals surface area contributed by atoms with Gasteiger partial charge in [-0.3, -0.25) is 4.79 Å². The lowest BCUT2D eigenvalue weighted by molar-refractivity contribution is 0.0361. The van der Waals surface area contributed by atoms with E-state index < -0.39 is 5.60 Å². The summed E-state index contributed by atoms with van der Waals surface area (Å²) in [5, 5.41) is 0. The summed E-state index contributed by atoms with van der Waals surface area (Å²) < 4.78 is 11.3. The fraction of sp³-hybridized carbons (Fsp3) is 0.214. The van der Waals surface area contributed by atoms with Crippen LogP contribution < -0.4 is 4.74 Å². The van der Waals surface area contributed by atoms with Gasteiger partial charge in [0.15, 0.2) is 11.4 Å². The summed E-state index contributed by atoms with van der Waals surface area (Å²) in [6.07, 6.45) is 1.90. The fourth-order valence-electron chi connectivity index (χ4n) is 2.18. The first-order chi connectivity index (χ1) is 8.19. The van der Waals surface area contributed by atoms with Crippen LogP contribution in [0.4, 0.5) is 0 Å². The van der Waals surface area contributed by atoms with E-state index in [4.69, 9.17) is 9.15 Å². The van der Waals surface area contributed by atoms with Crippen LogP contribution in [0.1, 0.15) is 29.5 Å². The Bertz CT molecular complexity index is 557. The zero-order valence-corrected chi connectivity index (χ0v) is 9.47. The average Bonchev–Trinajstić information content (AvgIpc) is 2.83. The molecular weight excluding hydrogens is 216 g/mol. The number of hydrogen-bond acceptors (Lipinski definition) is 3. The highest BCUT2D eigenvalue weighted by atomic mass is 16.5. The first kappa shape index (κ1) is 10.1. The minimum Gasteiger partial charge on any atom is -0.478 e. The molecule has 3 rings (SSSR count). The van der Waals surface area contributed by atoms with Gasteiger partial charge < -0.3 is 9.15 Å². The molecule has 3 nitrogen and oxygen atoms in total. The molecule has 0 fully saturated rings. The quantitative estimate of drug-likeness (QED) is 0.752. The van der Waals surface area contributed by atoms with Gasteiger partial charge in [-0.25, -0.2) is 0 Å². The monoisotopic (exact) mass is 228 g/mol. The third kappa shape index (κ3) is 1.55. The number of benzene rings is 1. The Morgan fingerprint density at radius 1 is 1.18 bits per heavy atom.